The van der Waals surface area contributed by atoms with E-state index in [1.54, 1.807) is 11.2 Å². The molecule has 0 unspecified atom stereocenters. The summed E-state index contributed by atoms with van der Waals surface area (Å²) in [5, 5.41) is 0. The van der Waals surface area contributed by atoms with Crippen LogP contribution in [0.3, 0.4) is 0 Å². The minimum atomic E-state index is -3.00. The van der Waals surface area contributed by atoms with Crippen LogP contribution in [0.2, 0.25) is 0 Å². The largest absolute Gasteiger partial charge is 0.213 e. The molecular weight excluding hydrogens is 258 g/mol. The molecule has 0 radical (unpaired) electrons. The molecule has 3 nitrogen and oxygen atoms in total. The van der Waals surface area contributed by atoms with Crippen LogP contribution in [-0.2, 0) is 16.4 Å². The number of hydrogen-bond acceptors (Lipinski definition) is 2. The van der Waals surface area contributed by atoms with Gasteiger partial charge in [0, 0.05) is 13.1 Å². The Bertz CT molecular complexity index is 484. The third-order valence-corrected chi connectivity index (χ3v) is 5.77. The van der Waals surface area contributed by atoms with Gasteiger partial charge in [0.2, 0.25) is 10.0 Å². The highest BCUT2D eigenvalue weighted by Crippen LogP contribution is 2.23. The zero-order valence-corrected chi connectivity index (χ0v) is 12.4. The van der Waals surface area contributed by atoms with Crippen molar-refractivity contribution in [1.29, 1.82) is 0 Å². The monoisotopic (exact) mass is 281 g/mol. The molecule has 1 atom stereocenters. The van der Waals surface area contributed by atoms with E-state index in [1.165, 1.54) is 5.56 Å². The molecule has 2 rings (SSSR count). The summed E-state index contributed by atoms with van der Waals surface area (Å²) >= 11 is 0. The van der Waals surface area contributed by atoms with Gasteiger partial charge >= 0.3 is 0 Å². The number of hydrogen-bond donors (Lipinski definition) is 0. The molecular formula is C15H23NO2S. The lowest BCUT2D eigenvalue weighted by atomic mass is 9.93. The second-order valence-corrected chi connectivity index (χ2v) is 7.55. The lowest BCUT2D eigenvalue weighted by molar-refractivity contribution is 0.256. The number of aryl methyl sites for hydroxylation is 1. The molecule has 0 N–H and O–H groups in total. The van der Waals surface area contributed by atoms with E-state index in [9.17, 15) is 8.42 Å². The smallest absolute Gasteiger partial charge is 0.212 e. The highest BCUT2D eigenvalue weighted by molar-refractivity contribution is 7.89. The quantitative estimate of drug-likeness (QED) is 0.832. The molecule has 0 amide bonds. The van der Waals surface area contributed by atoms with Gasteiger partial charge in [0.05, 0.1) is 5.75 Å². The lowest BCUT2D eigenvalue weighted by Gasteiger charge is -2.31. The van der Waals surface area contributed by atoms with Gasteiger partial charge in [0.15, 0.2) is 0 Å². The Hall–Kier alpha value is -0.870. The Kier molecular flexibility index (Phi) is 4.99. The van der Waals surface area contributed by atoms with E-state index >= 15 is 0 Å². The Morgan fingerprint density at radius 2 is 2.00 bits per heavy atom. The molecule has 0 spiro atoms. The Morgan fingerprint density at radius 3 is 2.68 bits per heavy atom. The summed E-state index contributed by atoms with van der Waals surface area (Å²) in [5.41, 5.74) is 1.35. The molecule has 1 aromatic carbocycles. The van der Waals surface area contributed by atoms with Crippen LogP contribution < -0.4 is 0 Å². The molecule has 106 valence electrons. The van der Waals surface area contributed by atoms with Gasteiger partial charge in [-0.25, -0.2) is 12.7 Å². The average Bonchev–Trinajstić information content (AvgIpc) is 2.46. The van der Waals surface area contributed by atoms with E-state index in [0.717, 1.165) is 25.7 Å². The fourth-order valence-electron chi connectivity index (χ4n) is 2.71. The molecule has 0 aliphatic carbocycles. The molecule has 1 saturated heterocycles. The number of nitrogens with zero attached hydrogens (tertiary/aromatic N) is 1. The molecule has 1 aliphatic heterocycles. The predicted octanol–water partition coefficient (Wildman–Crippen LogP) is 2.68. The molecule has 0 saturated carbocycles. The first kappa shape index (κ1) is 14.5. The number of piperidine rings is 1. The zero-order valence-electron chi connectivity index (χ0n) is 11.6. The fourth-order valence-corrected chi connectivity index (χ4v) is 3.92. The van der Waals surface area contributed by atoms with Gasteiger partial charge in [-0.15, -0.1) is 0 Å². The first-order valence-electron chi connectivity index (χ1n) is 7.13. The molecule has 1 heterocycles. The van der Waals surface area contributed by atoms with Crippen LogP contribution in [0.15, 0.2) is 30.3 Å². The van der Waals surface area contributed by atoms with Crippen LogP contribution in [0, 0.1) is 5.92 Å². The van der Waals surface area contributed by atoms with Crippen LogP contribution in [-0.4, -0.2) is 31.6 Å². The minimum absolute atomic E-state index is 0.221. The maximum absolute atomic E-state index is 11.9. The standard InChI is InChI=1S/C15H23NO2S/c1-2-19(17,18)16-12-6-9-15(13-16)11-10-14-7-4-3-5-8-14/h3-5,7-8,15H,2,6,9-13H2,1H3/t15-/m0/s1. The summed E-state index contributed by atoms with van der Waals surface area (Å²) < 4.78 is 25.5. The van der Waals surface area contributed by atoms with Gasteiger partial charge in [-0.3, -0.25) is 0 Å². The maximum atomic E-state index is 11.9. The summed E-state index contributed by atoms with van der Waals surface area (Å²) in [6.07, 6.45) is 4.28. The molecule has 1 fully saturated rings. The summed E-state index contributed by atoms with van der Waals surface area (Å²) in [5.74, 6) is 0.730. The highest BCUT2D eigenvalue weighted by atomic mass is 32.2. The van der Waals surface area contributed by atoms with E-state index < -0.39 is 10.0 Å². The van der Waals surface area contributed by atoms with Gasteiger partial charge in [-0.2, -0.15) is 0 Å². The van der Waals surface area contributed by atoms with Gasteiger partial charge < -0.3 is 0 Å². The van der Waals surface area contributed by atoms with E-state index in [1.807, 2.05) is 6.07 Å². The normalized spacial score (nSPS) is 21.4. The molecule has 0 aromatic heterocycles. The summed E-state index contributed by atoms with van der Waals surface area (Å²) in [6.45, 7) is 3.14. The molecule has 0 bridgehead atoms. The fraction of sp³-hybridized carbons (Fsp3) is 0.600. The Labute approximate surface area is 116 Å². The van der Waals surface area contributed by atoms with Gasteiger partial charge in [0.25, 0.3) is 0 Å². The topological polar surface area (TPSA) is 37.4 Å². The number of sulfonamides is 1. The minimum Gasteiger partial charge on any atom is -0.212 e. The van der Waals surface area contributed by atoms with Crippen LogP contribution >= 0.6 is 0 Å². The van der Waals surface area contributed by atoms with E-state index in [4.69, 9.17) is 0 Å². The number of benzene rings is 1. The van der Waals surface area contributed by atoms with Crippen LogP contribution in [0.4, 0.5) is 0 Å². The Balaban J connectivity index is 1.88. The molecule has 1 aliphatic rings. The van der Waals surface area contributed by atoms with E-state index in [-0.39, 0.29) is 5.75 Å². The van der Waals surface area contributed by atoms with Crippen molar-refractivity contribution < 1.29 is 8.42 Å². The van der Waals surface area contributed by atoms with Crippen molar-refractivity contribution >= 4 is 10.0 Å². The van der Waals surface area contributed by atoms with Crippen molar-refractivity contribution in [2.45, 2.75) is 32.6 Å². The zero-order chi connectivity index (χ0) is 13.7. The molecule has 19 heavy (non-hydrogen) atoms. The van der Waals surface area contributed by atoms with E-state index in [2.05, 4.69) is 24.3 Å². The summed E-state index contributed by atoms with van der Waals surface area (Å²) in [4.78, 5) is 0. The summed E-state index contributed by atoms with van der Waals surface area (Å²) in [7, 11) is -3.00. The summed E-state index contributed by atoms with van der Waals surface area (Å²) in [6, 6.07) is 10.4. The van der Waals surface area contributed by atoms with Crippen molar-refractivity contribution in [3.63, 3.8) is 0 Å². The predicted molar refractivity (Wildman–Crippen MR) is 78.5 cm³/mol. The lowest BCUT2D eigenvalue weighted by Crippen LogP contribution is -2.40. The maximum Gasteiger partial charge on any atom is 0.213 e. The average molecular weight is 281 g/mol. The van der Waals surface area contributed by atoms with Crippen LogP contribution in [0.1, 0.15) is 31.7 Å². The van der Waals surface area contributed by atoms with Crippen LogP contribution in [0.25, 0.3) is 0 Å². The van der Waals surface area contributed by atoms with Crippen molar-refractivity contribution in [2.75, 3.05) is 18.8 Å². The highest BCUT2D eigenvalue weighted by Gasteiger charge is 2.27. The van der Waals surface area contributed by atoms with Gasteiger partial charge in [-0.1, -0.05) is 30.3 Å². The second kappa shape index (κ2) is 6.53. The van der Waals surface area contributed by atoms with Crippen molar-refractivity contribution in [2.24, 2.45) is 5.92 Å². The first-order valence-corrected chi connectivity index (χ1v) is 8.74. The van der Waals surface area contributed by atoms with Crippen molar-refractivity contribution in [3.05, 3.63) is 35.9 Å². The van der Waals surface area contributed by atoms with E-state index in [0.29, 0.717) is 19.0 Å². The SMILES string of the molecule is CCS(=O)(=O)N1CCC[C@@H](CCc2ccccc2)C1. The third-order valence-electron chi connectivity index (χ3n) is 3.92. The number of rotatable bonds is 5. The van der Waals surface area contributed by atoms with Crippen molar-refractivity contribution in [3.8, 4) is 0 Å². The molecule has 1 aromatic rings. The van der Waals surface area contributed by atoms with Crippen molar-refractivity contribution in [1.82, 2.24) is 4.31 Å². The van der Waals surface area contributed by atoms with Gasteiger partial charge in [0.1, 0.15) is 0 Å². The van der Waals surface area contributed by atoms with Gasteiger partial charge in [-0.05, 0) is 44.1 Å². The Morgan fingerprint density at radius 1 is 1.26 bits per heavy atom. The third kappa shape index (κ3) is 4.05. The molecule has 4 heteroatoms. The second-order valence-electron chi connectivity index (χ2n) is 5.29. The van der Waals surface area contributed by atoms with Crippen LogP contribution in [0.5, 0.6) is 0 Å². The first-order chi connectivity index (χ1) is 9.12.